The van der Waals surface area contributed by atoms with Gasteiger partial charge in [0.05, 0.1) is 30.3 Å². The zero-order chi connectivity index (χ0) is 18.1. The number of hydrogen-bond acceptors (Lipinski definition) is 5. The van der Waals surface area contributed by atoms with E-state index in [9.17, 15) is 9.59 Å². The summed E-state index contributed by atoms with van der Waals surface area (Å²) < 4.78 is 7.00. The summed E-state index contributed by atoms with van der Waals surface area (Å²) in [5.41, 5.74) is 0.392. The minimum atomic E-state index is -0.224. The van der Waals surface area contributed by atoms with Gasteiger partial charge in [0.15, 0.2) is 0 Å². The van der Waals surface area contributed by atoms with Crippen molar-refractivity contribution in [1.29, 1.82) is 0 Å². The maximum atomic E-state index is 12.4. The second kappa shape index (κ2) is 6.76. The maximum Gasteiger partial charge on any atom is 0.261 e. The molecule has 1 aliphatic heterocycles. The summed E-state index contributed by atoms with van der Waals surface area (Å²) in [5, 5.41) is 0.934. The normalized spacial score (nSPS) is 14.3. The summed E-state index contributed by atoms with van der Waals surface area (Å²) in [5.74, 6) is 0.206. The Hall–Kier alpha value is -2.93. The monoisotopic (exact) mass is 370 g/mol. The summed E-state index contributed by atoms with van der Waals surface area (Å²) in [6.07, 6.45) is 2.85. The largest absolute Gasteiger partial charge is 0.470 e. The molecule has 0 saturated carbocycles. The van der Waals surface area contributed by atoms with Crippen LogP contribution in [0.3, 0.4) is 0 Å². The van der Waals surface area contributed by atoms with Crippen molar-refractivity contribution in [2.75, 3.05) is 13.1 Å². The number of nitrogens with zero attached hydrogens (tertiary/aromatic N) is 4. The Kier molecular flexibility index (Phi) is 4.30. The van der Waals surface area contributed by atoms with E-state index in [-0.39, 0.29) is 24.1 Å². The number of aromatic nitrogens is 3. The SMILES string of the molecule is O=C(Cn1cnc2ccccc2c1=O)N1CC(Oc2ncccc2Cl)C1. The maximum absolute atomic E-state index is 12.4. The van der Waals surface area contributed by atoms with Crippen LogP contribution in [0.15, 0.2) is 53.7 Å². The lowest BCUT2D eigenvalue weighted by Crippen LogP contribution is -2.57. The van der Waals surface area contributed by atoms with Crippen molar-refractivity contribution in [3.63, 3.8) is 0 Å². The molecule has 0 unspecified atom stereocenters. The molecule has 1 saturated heterocycles. The Bertz CT molecular complexity index is 1030. The van der Waals surface area contributed by atoms with Gasteiger partial charge in [-0.15, -0.1) is 0 Å². The van der Waals surface area contributed by atoms with Gasteiger partial charge in [-0.05, 0) is 24.3 Å². The highest BCUT2D eigenvalue weighted by atomic mass is 35.5. The Morgan fingerprint density at radius 2 is 2.00 bits per heavy atom. The van der Waals surface area contributed by atoms with Crippen molar-refractivity contribution >= 4 is 28.4 Å². The van der Waals surface area contributed by atoms with E-state index in [1.165, 1.54) is 10.9 Å². The number of carbonyl (C=O) groups is 1. The minimum absolute atomic E-state index is 0.0479. The molecule has 8 heteroatoms. The van der Waals surface area contributed by atoms with Crippen LogP contribution in [-0.4, -0.2) is 44.5 Å². The first-order valence-corrected chi connectivity index (χ1v) is 8.49. The number of benzene rings is 1. The van der Waals surface area contributed by atoms with E-state index < -0.39 is 0 Å². The van der Waals surface area contributed by atoms with Gasteiger partial charge in [0.2, 0.25) is 11.8 Å². The second-order valence-electron chi connectivity index (χ2n) is 6.02. The van der Waals surface area contributed by atoms with Gasteiger partial charge in [-0.2, -0.15) is 0 Å². The Morgan fingerprint density at radius 1 is 1.19 bits per heavy atom. The first kappa shape index (κ1) is 16.5. The lowest BCUT2D eigenvalue weighted by Gasteiger charge is -2.38. The van der Waals surface area contributed by atoms with E-state index in [1.54, 1.807) is 41.4 Å². The number of rotatable bonds is 4. The van der Waals surface area contributed by atoms with Crippen molar-refractivity contribution in [2.45, 2.75) is 12.6 Å². The first-order valence-electron chi connectivity index (χ1n) is 8.11. The highest BCUT2D eigenvalue weighted by Gasteiger charge is 2.33. The van der Waals surface area contributed by atoms with Gasteiger partial charge in [0.1, 0.15) is 17.7 Å². The molecule has 3 heterocycles. The Morgan fingerprint density at radius 3 is 2.81 bits per heavy atom. The molecule has 0 spiro atoms. The molecule has 1 aliphatic rings. The molecule has 1 amide bonds. The van der Waals surface area contributed by atoms with Gasteiger partial charge in [0.25, 0.3) is 5.56 Å². The molecular weight excluding hydrogens is 356 g/mol. The van der Waals surface area contributed by atoms with Crippen LogP contribution in [0.4, 0.5) is 0 Å². The summed E-state index contributed by atoms with van der Waals surface area (Å²) in [4.78, 5) is 34.7. The molecule has 1 aromatic carbocycles. The molecule has 0 N–H and O–H groups in total. The molecule has 7 nitrogen and oxygen atoms in total. The van der Waals surface area contributed by atoms with Crippen molar-refractivity contribution in [1.82, 2.24) is 19.4 Å². The summed E-state index contributed by atoms with van der Waals surface area (Å²) in [6.45, 7) is 0.816. The molecule has 1 fully saturated rings. The average Bonchev–Trinajstić information content (AvgIpc) is 2.61. The fraction of sp³-hybridized carbons (Fsp3) is 0.222. The van der Waals surface area contributed by atoms with Gasteiger partial charge in [-0.3, -0.25) is 14.2 Å². The van der Waals surface area contributed by atoms with E-state index in [4.69, 9.17) is 16.3 Å². The lowest BCUT2D eigenvalue weighted by molar-refractivity contribution is -0.140. The predicted octanol–water partition coefficient (Wildman–Crippen LogP) is 1.73. The number of pyridine rings is 1. The van der Waals surface area contributed by atoms with Gasteiger partial charge in [-0.25, -0.2) is 9.97 Å². The molecule has 0 aliphatic carbocycles. The van der Waals surface area contributed by atoms with Crippen LogP contribution in [0.2, 0.25) is 5.02 Å². The molecule has 2 aromatic heterocycles. The van der Waals surface area contributed by atoms with Gasteiger partial charge >= 0.3 is 0 Å². The molecule has 0 radical (unpaired) electrons. The molecule has 4 rings (SSSR count). The number of fused-ring (bicyclic) bond motifs is 1. The first-order chi connectivity index (χ1) is 12.6. The quantitative estimate of drug-likeness (QED) is 0.699. The molecular formula is C18H15ClN4O3. The number of carbonyl (C=O) groups excluding carboxylic acids is 1. The van der Waals surface area contributed by atoms with Gasteiger partial charge in [-0.1, -0.05) is 23.7 Å². The highest BCUT2D eigenvalue weighted by molar-refractivity contribution is 6.31. The summed E-state index contributed by atoms with van der Waals surface area (Å²) >= 11 is 6.01. The minimum Gasteiger partial charge on any atom is -0.470 e. The number of ether oxygens (including phenoxy) is 1. The zero-order valence-corrected chi connectivity index (χ0v) is 14.5. The third-order valence-corrected chi connectivity index (χ3v) is 4.53. The van der Waals surface area contributed by atoms with E-state index in [1.807, 2.05) is 6.07 Å². The molecule has 132 valence electrons. The Balaban J connectivity index is 1.39. The van der Waals surface area contributed by atoms with E-state index in [2.05, 4.69) is 9.97 Å². The summed E-state index contributed by atoms with van der Waals surface area (Å²) in [6, 6.07) is 10.5. The number of halogens is 1. The number of hydrogen-bond donors (Lipinski definition) is 0. The van der Waals surface area contributed by atoms with Crippen LogP contribution in [-0.2, 0) is 11.3 Å². The van der Waals surface area contributed by atoms with Crippen LogP contribution in [0.5, 0.6) is 5.88 Å². The lowest BCUT2D eigenvalue weighted by atomic mass is 10.1. The number of para-hydroxylation sites is 1. The van der Waals surface area contributed by atoms with Crippen LogP contribution in [0, 0.1) is 0 Å². The van der Waals surface area contributed by atoms with Crippen molar-refractivity contribution in [3.8, 4) is 5.88 Å². The van der Waals surface area contributed by atoms with E-state index in [0.29, 0.717) is 34.9 Å². The van der Waals surface area contributed by atoms with Crippen LogP contribution in [0.25, 0.3) is 10.9 Å². The van der Waals surface area contributed by atoms with Gasteiger partial charge < -0.3 is 9.64 Å². The van der Waals surface area contributed by atoms with Crippen molar-refractivity contribution < 1.29 is 9.53 Å². The van der Waals surface area contributed by atoms with E-state index >= 15 is 0 Å². The standard InChI is InChI=1S/C18H15ClN4O3/c19-14-5-3-7-20-17(14)26-12-8-22(9-12)16(24)10-23-11-21-15-6-2-1-4-13(15)18(23)25/h1-7,11-12H,8-10H2. The molecule has 0 bridgehead atoms. The Labute approximate surface area is 153 Å². The van der Waals surface area contributed by atoms with E-state index in [0.717, 1.165) is 0 Å². The molecule has 26 heavy (non-hydrogen) atoms. The predicted molar refractivity (Wildman–Crippen MR) is 96.2 cm³/mol. The van der Waals surface area contributed by atoms with Crippen LogP contribution < -0.4 is 10.3 Å². The van der Waals surface area contributed by atoms with Crippen LogP contribution >= 0.6 is 11.6 Å². The second-order valence-corrected chi connectivity index (χ2v) is 6.43. The van der Waals surface area contributed by atoms with Crippen molar-refractivity contribution in [3.05, 3.63) is 64.3 Å². The average molecular weight is 371 g/mol. The smallest absolute Gasteiger partial charge is 0.261 e. The zero-order valence-electron chi connectivity index (χ0n) is 13.7. The third kappa shape index (κ3) is 3.13. The topological polar surface area (TPSA) is 77.3 Å². The fourth-order valence-corrected chi connectivity index (χ4v) is 2.96. The molecule has 0 atom stereocenters. The van der Waals surface area contributed by atoms with Gasteiger partial charge in [0, 0.05) is 6.20 Å². The summed E-state index contributed by atoms with van der Waals surface area (Å²) in [7, 11) is 0. The fourth-order valence-electron chi connectivity index (χ4n) is 2.80. The number of likely N-dealkylation sites (tertiary alicyclic amines) is 1. The third-order valence-electron chi connectivity index (χ3n) is 4.24. The van der Waals surface area contributed by atoms with Crippen LogP contribution in [0.1, 0.15) is 0 Å². The highest BCUT2D eigenvalue weighted by Crippen LogP contribution is 2.23. The number of amides is 1. The van der Waals surface area contributed by atoms with Crippen molar-refractivity contribution in [2.24, 2.45) is 0 Å². The molecule has 3 aromatic rings.